The Labute approximate surface area is 378 Å². The Hall–Kier alpha value is -2.63. The van der Waals surface area contributed by atoms with Crippen LogP contribution in [-0.2, 0) is 28.6 Å². The summed E-state index contributed by atoms with van der Waals surface area (Å²) in [5, 5.41) is 0. The van der Waals surface area contributed by atoms with Gasteiger partial charge in [-0.15, -0.1) is 0 Å². The summed E-state index contributed by atoms with van der Waals surface area (Å²) in [6, 6.07) is 0. The molecule has 0 aromatic heterocycles. The molecule has 0 radical (unpaired) electrons. The highest BCUT2D eigenvalue weighted by Crippen LogP contribution is 2.16. The number of ether oxygens (including phenoxy) is 3. The Morgan fingerprint density at radius 3 is 1.00 bits per heavy atom. The van der Waals surface area contributed by atoms with E-state index in [9.17, 15) is 14.4 Å². The summed E-state index contributed by atoms with van der Waals surface area (Å²) in [5.74, 6) is -0.922. The van der Waals surface area contributed by atoms with Gasteiger partial charge >= 0.3 is 17.9 Å². The number of hydrogen-bond donors (Lipinski definition) is 0. The van der Waals surface area contributed by atoms with Crippen molar-refractivity contribution in [2.24, 2.45) is 0 Å². The summed E-state index contributed by atoms with van der Waals surface area (Å²) in [6.07, 6.45) is 59.7. The molecule has 0 aliphatic rings. The molecule has 0 amide bonds. The number of esters is 3. The molecule has 0 heterocycles. The molecule has 0 saturated heterocycles. The highest BCUT2D eigenvalue weighted by molar-refractivity contribution is 5.71. The highest BCUT2D eigenvalue weighted by Gasteiger charge is 2.19. The van der Waals surface area contributed by atoms with E-state index in [2.05, 4.69) is 69.4 Å². The normalized spacial score (nSPS) is 12.4. The first-order valence-electron chi connectivity index (χ1n) is 26.1. The van der Waals surface area contributed by atoms with E-state index in [4.69, 9.17) is 14.2 Å². The van der Waals surface area contributed by atoms with Crippen LogP contribution >= 0.6 is 0 Å². The molecule has 0 aliphatic carbocycles. The van der Waals surface area contributed by atoms with Gasteiger partial charge in [0.05, 0.1) is 0 Å². The molecule has 0 bridgehead atoms. The van der Waals surface area contributed by atoms with Crippen LogP contribution in [0.4, 0.5) is 0 Å². The molecule has 61 heavy (non-hydrogen) atoms. The van der Waals surface area contributed by atoms with Crippen molar-refractivity contribution in [3.05, 3.63) is 48.6 Å². The van der Waals surface area contributed by atoms with Crippen LogP contribution in [0.15, 0.2) is 48.6 Å². The second-order valence-corrected chi connectivity index (χ2v) is 17.4. The smallest absolute Gasteiger partial charge is 0.306 e. The van der Waals surface area contributed by atoms with Gasteiger partial charge in [0.15, 0.2) is 6.10 Å². The first-order chi connectivity index (χ1) is 30.0. The first kappa shape index (κ1) is 58.4. The predicted octanol–water partition coefficient (Wildman–Crippen LogP) is 17.1. The van der Waals surface area contributed by atoms with Crippen LogP contribution in [0, 0.1) is 0 Å². The van der Waals surface area contributed by atoms with Crippen LogP contribution in [0.3, 0.4) is 0 Å². The van der Waals surface area contributed by atoms with E-state index in [1.807, 2.05) is 0 Å². The van der Waals surface area contributed by atoms with Crippen LogP contribution in [0.25, 0.3) is 0 Å². The van der Waals surface area contributed by atoms with Crippen LogP contribution in [0.1, 0.15) is 265 Å². The summed E-state index contributed by atoms with van der Waals surface area (Å²) in [4.78, 5) is 37.9. The molecule has 0 saturated carbocycles. The van der Waals surface area contributed by atoms with E-state index in [0.717, 1.165) is 77.0 Å². The summed E-state index contributed by atoms with van der Waals surface area (Å²) in [6.45, 7) is 6.49. The average Bonchev–Trinajstić information content (AvgIpc) is 3.26. The maximum absolute atomic E-state index is 12.8. The van der Waals surface area contributed by atoms with Crippen molar-refractivity contribution in [1.29, 1.82) is 0 Å². The predicted molar refractivity (Wildman–Crippen MR) is 261 cm³/mol. The van der Waals surface area contributed by atoms with Gasteiger partial charge in [-0.05, 0) is 57.8 Å². The molecule has 0 N–H and O–H groups in total. The van der Waals surface area contributed by atoms with E-state index in [-0.39, 0.29) is 37.5 Å². The van der Waals surface area contributed by atoms with E-state index < -0.39 is 6.10 Å². The number of allylic oxidation sites excluding steroid dienone is 8. The third-order valence-corrected chi connectivity index (χ3v) is 11.3. The van der Waals surface area contributed by atoms with Gasteiger partial charge in [0.1, 0.15) is 13.2 Å². The molecule has 0 aromatic rings. The number of carbonyl (C=O) groups is 3. The molecule has 0 rings (SSSR count). The van der Waals surface area contributed by atoms with Crippen molar-refractivity contribution >= 4 is 17.9 Å². The van der Waals surface area contributed by atoms with E-state index >= 15 is 0 Å². The van der Waals surface area contributed by atoms with Gasteiger partial charge in [0, 0.05) is 19.3 Å². The second kappa shape index (κ2) is 50.0. The molecule has 1 atom stereocenters. The standard InChI is InChI=1S/C55H98O6/c1-4-7-10-13-16-19-21-23-25-26-27-28-30-31-33-36-39-42-45-48-54(57)60-51-52(50-59-53(56)47-44-41-38-35-18-15-12-9-6-3)61-55(58)49-46-43-40-37-34-32-29-24-22-20-17-14-11-8-5-2/h8,11,17,20,24,29,34,37,52H,4-7,9-10,12-16,18-19,21-23,25-28,30-33,35-36,38-51H2,1-3H3/b11-8-,20-17-,29-24-,37-34-. The van der Waals surface area contributed by atoms with Gasteiger partial charge in [-0.3, -0.25) is 14.4 Å². The topological polar surface area (TPSA) is 78.9 Å². The Balaban J connectivity index is 4.32. The first-order valence-corrected chi connectivity index (χ1v) is 26.1. The maximum atomic E-state index is 12.8. The van der Waals surface area contributed by atoms with Gasteiger partial charge in [-0.1, -0.05) is 236 Å². The van der Waals surface area contributed by atoms with Crippen molar-refractivity contribution in [1.82, 2.24) is 0 Å². The lowest BCUT2D eigenvalue weighted by Gasteiger charge is -2.18. The quantitative estimate of drug-likeness (QED) is 0.0263. The minimum absolute atomic E-state index is 0.0863. The lowest BCUT2D eigenvalue weighted by molar-refractivity contribution is -0.167. The number of carbonyl (C=O) groups excluding carboxylic acids is 3. The van der Waals surface area contributed by atoms with Gasteiger partial charge in [-0.2, -0.15) is 0 Å². The van der Waals surface area contributed by atoms with E-state index in [1.54, 1.807) is 0 Å². The third-order valence-electron chi connectivity index (χ3n) is 11.3. The van der Waals surface area contributed by atoms with Crippen molar-refractivity contribution in [3.8, 4) is 0 Å². The molecule has 0 aromatic carbocycles. The fourth-order valence-corrected chi connectivity index (χ4v) is 7.43. The lowest BCUT2D eigenvalue weighted by Crippen LogP contribution is -2.30. The zero-order valence-electron chi connectivity index (χ0n) is 40.4. The highest BCUT2D eigenvalue weighted by atomic mass is 16.6. The van der Waals surface area contributed by atoms with E-state index in [1.165, 1.54) is 141 Å². The largest absolute Gasteiger partial charge is 0.462 e. The summed E-state index contributed by atoms with van der Waals surface area (Å²) in [5.41, 5.74) is 0. The molecule has 6 nitrogen and oxygen atoms in total. The SMILES string of the molecule is CC/C=C\C/C=C\C/C=C\C/C=C\CCCCC(=O)OC(COC(=O)CCCCCCCCCCC)COC(=O)CCCCCCCCCCCCCCCCCCCCC. The summed E-state index contributed by atoms with van der Waals surface area (Å²) < 4.78 is 16.7. The summed E-state index contributed by atoms with van der Waals surface area (Å²) >= 11 is 0. The Morgan fingerprint density at radius 2 is 0.639 bits per heavy atom. The molecular weight excluding hydrogens is 757 g/mol. The molecule has 0 fully saturated rings. The average molecular weight is 855 g/mol. The minimum atomic E-state index is -0.789. The Morgan fingerprint density at radius 1 is 0.344 bits per heavy atom. The zero-order valence-corrected chi connectivity index (χ0v) is 40.4. The molecule has 0 aliphatic heterocycles. The van der Waals surface area contributed by atoms with Crippen molar-refractivity contribution in [2.75, 3.05) is 13.2 Å². The molecule has 6 heteroatoms. The minimum Gasteiger partial charge on any atom is -0.462 e. The molecule has 354 valence electrons. The van der Waals surface area contributed by atoms with Gasteiger partial charge < -0.3 is 14.2 Å². The van der Waals surface area contributed by atoms with Crippen LogP contribution in [-0.4, -0.2) is 37.2 Å². The molecular formula is C55H98O6. The lowest BCUT2D eigenvalue weighted by atomic mass is 10.0. The third kappa shape index (κ3) is 48.3. The Bertz CT molecular complexity index is 1070. The molecule has 0 spiro atoms. The van der Waals surface area contributed by atoms with Gasteiger partial charge in [0.2, 0.25) is 0 Å². The van der Waals surface area contributed by atoms with Gasteiger partial charge in [-0.25, -0.2) is 0 Å². The van der Waals surface area contributed by atoms with Crippen molar-refractivity contribution < 1.29 is 28.6 Å². The van der Waals surface area contributed by atoms with Crippen molar-refractivity contribution in [3.63, 3.8) is 0 Å². The Kier molecular flexibility index (Phi) is 47.9. The second-order valence-electron chi connectivity index (χ2n) is 17.4. The van der Waals surface area contributed by atoms with Crippen LogP contribution in [0.2, 0.25) is 0 Å². The zero-order chi connectivity index (χ0) is 44.4. The summed E-state index contributed by atoms with van der Waals surface area (Å²) in [7, 11) is 0. The fraction of sp³-hybridized carbons (Fsp3) is 0.800. The maximum Gasteiger partial charge on any atom is 0.306 e. The number of rotatable bonds is 47. The number of unbranched alkanes of at least 4 members (excludes halogenated alkanes) is 28. The van der Waals surface area contributed by atoms with Gasteiger partial charge in [0.25, 0.3) is 0 Å². The number of hydrogen-bond acceptors (Lipinski definition) is 6. The molecule has 1 unspecified atom stereocenters. The van der Waals surface area contributed by atoms with E-state index in [0.29, 0.717) is 19.3 Å². The monoisotopic (exact) mass is 855 g/mol. The van der Waals surface area contributed by atoms with Crippen molar-refractivity contribution in [2.45, 2.75) is 271 Å². The van der Waals surface area contributed by atoms with Crippen LogP contribution < -0.4 is 0 Å². The van der Waals surface area contributed by atoms with Crippen LogP contribution in [0.5, 0.6) is 0 Å². The fourth-order valence-electron chi connectivity index (χ4n) is 7.43.